The molecular weight excluding hydrogens is 512 g/mol. The molecule has 3 aromatic carbocycles. The maximum Gasteiger partial charge on any atom is 0.270 e. The summed E-state index contributed by atoms with van der Waals surface area (Å²) in [6.07, 6.45) is 1.72. The third kappa shape index (κ3) is 4.95. The highest BCUT2D eigenvalue weighted by atomic mass is 35.5. The van der Waals surface area contributed by atoms with Crippen LogP contribution in [0.5, 0.6) is 5.75 Å². The second-order valence-electron chi connectivity index (χ2n) is 6.68. The number of benzene rings is 3. The Morgan fingerprint density at radius 2 is 1.78 bits per heavy atom. The van der Waals surface area contributed by atoms with Crippen molar-refractivity contribution in [1.29, 1.82) is 0 Å². The van der Waals surface area contributed by atoms with E-state index in [2.05, 4.69) is 0 Å². The molecule has 162 valence electrons. The average molecular weight is 525 g/mol. The van der Waals surface area contributed by atoms with Crippen LogP contribution in [-0.2, 0) is 11.4 Å². The molecule has 0 unspecified atom stereocenters. The second-order valence-corrected chi connectivity index (χ2v) is 9.57. The molecule has 1 heterocycles. The Kier molecular flexibility index (Phi) is 7.08. The Labute approximate surface area is 208 Å². The normalized spacial score (nSPS) is 15.0. The Bertz CT molecular complexity index is 1250. The summed E-state index contributed by atoms with van der Waals surface area (Å²) < 4.78 is 20.1. The summed E-state index contributed by atoms with van der Waals surface area (Å²) in [4.78, 5) is 14.8. The van der Waals surface area contributed by atoms with Crippen LogP contribution in [0.25, 0.3) is 6.08 Å². The molecule has 1 fully saturated rings. The molecule has 0 aliphatic carbocycles. The fourth-order valence-corrected chi connectivity index (χ4v) is 4.79. The summed E-state index contributed by atoms with van der Waals surface area (Å²) in [6.45, 7) is -0.0194. The van der Waals surface area contributed by atoms with E-state index in [1.807, 2.05) is 6.07 Å². The summed E-state index contributed by atoms with van der Waals surface area (Å²) >= 11 is 24.7. The van der Waals surface area contributed by atoms with Gasteiger partial charge in [-0.15, -0.1) is 0 Å². The quantitative estimate of drug-likeness (QED) is 0.252. The van der Waals surface area contributed by atoms with Crippen LogP contribution in [0.4, 0.5) is 10.1 Å². The summed E-state index contributed by atoms with van der Waals surface area (Å²) in [6, 6.07) is 16.5. The number of carbonyl (C=O) groups excluding carboxylic acids is 1. The molecule has 32 heavy (non-hydrogen) atoms. The minimum Gasteiger partial charge on any atom is -0.489 e. The van der Waals surface area contributed by atoms with Crippen LogP contribution in [0, 0.1) is 5.82 Å². The van der Waals surface area contributed by atoms with Crippen molar-refractivity contribution in [3.05, 3.63) is 97.6 Å². The molecule has 1 saturated heterocycles. The molecule has 0 N–H and O–H groups in total. The molecule has 0 atom stereocenters. The highest BCUT2D eigenvalue weighted by molar-refractivity contribution is 8.27. The largest absolute Gasteiger partial charge is 0.489 e. The van der Waals surface area contributed by atoms with Gasteiger partial charge in [0.05, 0.1) is 25.7 Å². The molecule has 9 heteroatoms. The minimum atomic E-state index is -0.431. The Balaban J connectivity index is 1.53. The van der Waals surface area contributed by atoms with Crippen LogP contribution in [0.2, 0.25) is 15.1 Å². The fourth-order valence-electron chi connectivity index (χ4n) is 2.99. The number of hydrogen-bond donors (Lipinski definition) is 0. The lowest BCUT2D eigenvalue weighted by molar-refractivity contribution is -0.113. The molecule has 1 aliphatic heterocycles. The van der Waals surface area contributed by atoms with Crippen molar-refractivity contribution in [2.45, 2.75) is 6.61 Å². The van der Waals surface area contributed by atoms with Crippen molar-refractivity contribution < 1.29 is 13.9 Å². The number of anilines is 1. The molecule has 0 saturated carbocycles. The lowest BCUT2D eigenvalue weighted by Crippen LogP contribution is -2.27. The van der Waals surface area contributed by atoms with Gasteiger partial charge in [0.2, 0.25) is 0 Å². The number of nitrogens with zero attached hydrogens (tertiary/aromatic N) is 1. The lowest BCUT2D eigenvalue weighted by atomic mass is 10.2. The van der Waals surface area contributed by atoms with Crippen LogP contribution in [0.3, 0.4) is 0 Å². The standard InChI is InChI=1S/C23H13Cl3FNO2S2/c24-17-5-2-6-20(27)16(17)12-30-15-4-1-3-13(9-15)10-21-22(29)28(23(31)32-21)14-7-8-18(25)19(26)11-14/h1-11H,12H2/b21-10-. The van der Waals surface area contributed by atoms with Crippen LogP contribution >= 0.6 is 58.8 Å². The van der Waals surface area contributed by atoms with E-state index in [0.717, 1.165) is 5.56 Å². The van der Waals surface area contributed by atoms with E-state index >= 15 is 0 Å². The highest BCUT2D eigenvalue weighted by Gasteiger charge is 2.33. The molecule has 0 bridgehead atoms. The van der Waals surface area contributed by atoms with E-state index in [4.69, 9.17) is 51.8 Å². The predicted molar refractivity (Wildman–Crippen MR) is 134 cm³/mol. The van der Waals surface area contributed by atoms with E-state index in [1.165, 1.54) is 28.8 Å². The van der Waals surface area contributed by atoms with Gasteiger partial charge in [-0.3, -0.25) is 9.69 Å². The summed E-state index contributed by atoms with van der Waals surface area (Å²) in [5.74, 6) is -0.180. The third-order valence-corrected chi connectivity index (χ3v) is 6.95. The van der Waals surface area contributed by atoms with E-state index in [-0.39, 0.29) is 18.1 Å². The van der Waals surface area contributed by atoms with Gasteiger partial charge in [-0.05, 0) is 54.1 Å². The number of thiocarbonyl (C=S) groups is 1. The van der Waals surface area contributed by atoms with Crippen LogP contribution in [0.1, 0.15) is 11.1 Å². The van der Waals surface area contributed by atoms with Gasteiger partial charge in [-0.1, -0.05) is 77.0 Å². The van der Waals surface area contributed by atoms with E-state index in [9.17, 15) is 9.18 Å². The number of halogens is 4. The molecule has 1 aliphatic rings. The number of amides is 1. The number of thioether (sulfide) groups is 1. The summed E-state index contributed by atoms with van der Waals surface area (Å²) in [7, 11) is 0. The first kappa shape index (κ1) is 23.1. The zero-order chi connectivity index (χ0) is 22.8. The van der Waals surface area contributed by atoms with E-state index < -0.39 is 5.82 Å². The van der Waals surface area contributed by atoms with Crippen molar-refractivity contribution in [2.75, 3.05) is 4.90 Å². The lowest BCUT2D eigenvalue weighted by Gasteiger charge is -2.15. The molecule has 0 aromatic heterocycles. The maximum absolute atomic E-state index is 14.0. The number of carbonyl (C=O) groups is 1. The second kappa shape index (κ2) is 9.81. The van der Waals surface area contributed by atoms with Crippen molar-refractivity contribution in [1.82, 2.24) is 0 Å². The van der Waals surface area contributed by atoms with Crippen molar-refractivity contribution in [3.63, 3.8) is 0 Å². The number of ether oxygens (including phenoxy) is 1. The topological polar surface area (TPSA) is 29.5 Å². The Hall–Kier alpha value is -2.09. The molecule has 4 rings (SSSR count). The first-order valence-corrected chi connectivity index (χ1v) is 11.6. The molecule has 3 nitrogen and oxygen atoms in total. The number of rotatable bonds is 5. The number of hydrogen-bond acceptors (Lipinski definition) is 4. The minimum absolute atomic E-state index is 0.0194. The highest BCUT2D eigenvalue weighted by Crippen LogP contribution is 2.38. The first-order valence-electron chi connectivity index (χ1n) is 9.22. The smallest absolute Gasteiger partial charge is 0.270 e. The molecule has 0 spiro atoms. The predicted octanol–water partition coefficient (Wildman–Crippen LogP) is 7.77. The summed E-state index contributed by atoms with van der Waals surface area (Å²) in [5, 5.41) is 1.03. The SMILES string of the molecule is O=C1/C(=C/c2cccc(OCc3c(F)cccc3Cl)c2)SC(=S)N1c1ccc(Cl)c(Cl)c1. The monoisotopic (exact) mass is 523 g/mol. The Morgan fingerprint density at radius 3 is 2.53 bits per heavy atom. The third-order valence-electron chi connectivity index (χ3n) is 4.56. The molecule has 3 aromatic rings. The van der Waals surface area contributed by atoms with Gasteiger partial charge in [0, 0.05) is 5.56 Å². The van der Waals surface area contributed by atoms with Gasteiger partial charge in [0.15, 0.2) is 4.32 Å². The zero-order valence-corrected chi connectivity index (χ0v) is 20.1. The van der Waals surface area contributed by atoms with Crippen LogP contribution < -0.4 is 9.64 Å². The van der Waals surface area contributed by atoms with Gasteiger partial charge >= 0.3 is 0 Å². The maximum atomic E-state index is 14.0. The van der Waals surface area contributed by atoms with Crippen molar-refractivity contribution in [3.8, 4) is 5.75 Å². The average Bonchev–Trinajstić information content (AvgIpc) is 3.03. The Morgan fingerprint density at radius 1 is 1.00 bits per heavy atom. The first-order chi connectivity index (χ1) is 15.3. The van der Waals surface area contributed by atoms with E-state index in [0.29, 0.717) is 35.7 Å². The summed E-state index contributed by atoms with van der Waals surface area (Å²) in [5.41, 5.74) is 1.56. The fraction of sp³-hybridized carbons (Fsp3) is 0.0435. The van der Waals surface area contributed by atoms with Gasteiger partial charge in [0.1, 0.15) is 18.2 Å². The van der Waals surface area contributed by atoms with Crippen LogP contribution in [-0.4, -0.2) is 10.2 Å². The van der Waals surface area contributed by atoms with Gasteiger partial charge in [-0.2, -0.15) is 0 Å². The van der Waals surface area contributed by atoms with Crippen molar-refractivity contribution >= 4 is 80.8 Å². The van der Waals surface area contributed by atoms with E-state index in [1.54, 1.807) is 48.5 Å². The van der Waals surface area contributed by atoms with Gasteiger partial charge in [-0.25, -0.2) is 4.39 Å². The van der Waals surface area contributed by atoms with Crippen LogP contribution in [0.15, 0.2) is 65.6 Å². The molecule has 1 amide bonds. The van der Waals surface area contributed by atoms with Gasteiger partial charge in [0.25, 0.3) is 5.91 Å². The van der Waals surface area contributed by atoms with Gasteiger partial charge < -0.3 is 4.74 Å². The zero-order valence-electron chi connectivity index (χ0n) is 16.2. The molecule has 0 radical (unpaired) electrons. The molecular formula is C23H13Cl3FNO2S2. The van der Waals surface area contributed by atoms with Crippen molar-refractivity contribution in [2.24, 2.45) is 0 Å².